The standard InChI is InChI=1S/C15H28N4O/c1-6-7-12-18-13(16-5)11(2)14(19-12)17-10-15(3,4)8-9-20/h20H,6-10H2,1-5H3,(H2,16,17,18,19). The predicted octanol–water partition coefficient (Wildman–Crippen LogP) is 2.60. The number of aliphatic hydroxyl groups is 1. The summed E-state index contributed by atoms with van der Waals surface area (Å²) in [7, 11) is 1.88. The molecule has 0 atom stereocenters. The van der Waals surface area contributed by atoms with Crippen molar-refractivity contribution in [1.82, 2.24) is 9.97 Å². The molecule has 0 saturated heterocycles. The van der Waals surface area contributed by atoms with Crippen LogP contribution in [0.15, 0.2) is 0 Å². The molecule has 1 heterocycles. The number of rotatable bonds is 8. The van der Waals surface area contributed by atoms with Crippen LogP contribution in [0, 0.1) is 12.3 Å². The van der Waals surface area contributed by atoms with Crippen molar-refractivity contribution < 1.29 is 5.11 Å². The lowest BCUT2D eigenvalue weighted by Crippen LogP contribution is -2.25. The van der Waals surface area contributed by atoms with Crippen LogP contribution in [0.3, 0.4) is 0 Å². The van der Waals surface area contributed by atoms with Gasteiger partial charge in [0.2, 0.25) is 0 Å². The van der Waals surface area contributed by atoms with Gasteiger partial charge >= 0.3 is 0 Å². The largest absolute Gasteiger partial charge is 0.396 e. The molecule has 1 aromatic heterocycles. The van der Waals surface area contributed by atoms with Gasteiger partial charge in [0.05, 0.1) is 0 Å². The van der Waals surface area contributed by atoms with Crippen LogP contribution in [0.5, 0.6) is 0 Å². The van der Waals surface area contributed by atoms with Gasteiger partial charge < -0.3 is 15.7 Å². The highest BCUT2D eigenvalue weighted by Crippen LogP contribution is 2.24. The average molecular weight is 280 g/mol. The lowest BCUT2D eigenvalue weighted by molar-refractivity contribution is 0.220. The van der Waals surface area contributed by atoms with Crippen molar-refractivity contribution in [3.05, 3.63) is 11.4 Å². The highest BCUT2D eigenvalue weighted by Gasteiger charge is 2.18. The van der Waals surface area contributed by atoms with Crippen LogP contribution in [0.1, 0.15) is 45.0 Å². The topological polar surface area (TPSA) is 70.1 Å². The van der Waals surface area contributed by atoms with E-state index in [4.69, 9.17) is 5.11 Å². The van der Waals surface area contributed by atoms with Gasteiger partial charge in [-0.1, -0.05) is 20.8 Å². The summed E-state index contributed by atoms with van der Waals surface area (Å²) < 4.78 is 0. The zero-order valence-electron chi connectivity index (χ0n) is 13.4. The Morgan fingerprint density at radius 2 is 1.85 bits per heavy atom. The van der Waals surface area contributed by atoms with E-state index in [-0.39, 0.29) is 12.0 Å². The summed E-state index contributed by atoms with van der Waals surface area (Å²) in [5, 5.41) is 15.6. The molecule has 0 radical (unpaired) electrons. The summed E-state index contributed by atoms with van der Waals surface area (Å²) in [4.78, 5) is 9.13. The molecule has 0 saturated carbocycles. The molecule has 0 aliphatic heterocycles. The van der Waals surface area contributed by atoms with Crippen molar-refractivity contribution in [3.63, 3.8) is 0 Å². The number of nitrogens with one attached hydrogen (secondary N) is 2. The van der Waals surface area contributed by atoms with Crippen molar-refractivity contribution in [3.8, 4) is 0 Å². The first-order valence-corrected chi connectivity index (χ1v) is 7.33. The number of hydrogen-bond donors (Lipinski definition) is 3. The molecule has 114 valence electrons. The molecule has 1 aromatic rings. The number of nitrogens with zero attached hydrogens (tertiary/aromatic N) is 2. The van der Waals surface area contributed by atoms with Gasteiger partial charge in [-0.2, -0.15) is 0 Å². The van der Waals surface area contributed by atoms with Crippen LogP contribution in [-0.2, 0) is 6.42 Å². The third-order valence-corrected chi connectivity index (χ3v) is 3.43. The molecule has 20 heavy (non-hydrogen) atoms. The highest BCUT2D eigenvalue weighted by atomic mass is 16.3. The van der Waals surface area contributed by atoms with E-state index in [9.17, 15) is 0 Å². The number of anilines is 2. The molecule has 1 rings (SSSR count). The van der Waals surface area contributed by atoms with Gasteiger partial charge in [-0.3, -0.25) is 0 Å². The first-order valence-electron chi connectivity index (χ1n) is 7.33. The summed E-state index contributed by atoms with van der Waals surface area (Å²) in [6.07, 6.45) is 2.68. The second kappa shape index (κ2) is 7.43. The second-order valence-electron chi connectivity index (χ2n) is 5.95. The normalized spacial score (nSPS) is 11.5. The zero-order valence-corrected chi connectivity index (χ0v) is 13.4. The van der Waals surface area contributed by atoms with Crippen LogP contribution in [0.2, 0.25) is 0 Å². The Morgan fingerprint density at radius 1 is 1.20 bits per heavy atom. The molecule has 0 aliphatic carbocycles. The summed E-state index contributed by atoms with van der Waals surface area (Å²) in [5.74, 6) is 2.63. The molecule has 0 fully saturated rings. The summed E-state index contributed by atoms with van der Waals surface area (Å²) in [6.45, 7) is 9.40. The van der Waals surface area contributed by atoms with E-state index in [2.05, 4.69) is 41.4 Å². The van der Waals surface area contributed by atoms with E-state index >= 15 is 0 Å². The SMILES string of the molecule is CCCc1nc(NC)c(C)c(NCC(C)(C)CCO)n1. The van der Waals surface area contributed by atoms with Crippen molar-refractivity contribution >= 4 is 11.6 Å². The van der Waals surface area contributed by atoms with Crippen LogP contribution in [-0.4, -0.2) is 35.3 Å². The molecule has 3 N–H and O–H groups in total. The minimum atomic E-state index is 0.0386. The molecular weight excluding hydrogens is 252 g/mol. The van der Waals surface area contributed by atoms with E-state index in [0.717, 1.165) is 48.8 Å². The van der Waals surface area contributed by atoms with Gasteiger partial charge in [0.1, 0.15) is 17.5 Å². The molecular formula is C15H28N4O. The molecule has 0 spiro atoms. The van der Waals surface area contributed by atoms with Gasteiger partial charge in [0.25, 0.3) is 0 Å². The van der Waals surface area contributed by atoms with E-state index < -0.39 is 0 Å². The van der Waals surface area contributed by atoms with Crippen LogP contribution < -0.4 is 10.6 Å². The van der Waals surface area contributed by atoms with Crippen LogP contribution >= 0.6 is 0 Å². The molecule has 0 amide bonds. The van der Waals surface area contributed by atoms with Gasteiger partial charge in [-0.15, -0.1) is 0 Å². The minimum absolute atomic E-state index is 0.0386. The first-order chi connectivity index (χ1) is 9.43. The smallest absolute Gasteiger partial charge is 0.134 e. The van der Waals surface area contributed by atoms with E-state index in [1.807, 2.05) is 14.0 Å². The Kier molecular flexibility index (Phi) is 6.20. The number of aliphatic hydroxyl groups excluding tert-OH is 1. The number of aromatic nitrogens is 2. The Labute approximate surface area is 122 Å². The molecule has 0 aromatic carbocycles. The highest BCUT2D eigenvalue weighted by molar-refractivity contribution is 5.57. The summed E-state index contributed by atoms with van der Waals surface area (Å²) >= 11 is 0. The maximum atomic E-state index is 9.09. The number of hydrogen-bond acceptors (Lipinski definition) is 5. The summed E-state index contributed by atoms with van der Waals surface area (Å²) in [6, 6.07) is 0. The van der Waals surface area contributed by atoms with Crippen LogP contribution in [0.25, 0.3) is 0 Å². The maximum absolute atomic E-state index is 9.09. The second-order valence-corrected chi connectivity index (χ2v) is 5.95. The fourth-order valence-corrected chi connectivity index (χ4v) is 2.03. The third-order valence-electron chi connectivity index (χ3n) is 3.43. The minimum Gasteiger partial charge on any atom is -0.396 e. The van der Waals surface area contributed by atoms with Gasteiger partial charge in [-0.05, 0) is 25.2 Å². The fraction of sp³-hybridized carbons (Fsp3) is 0.733. The van der Waals surface area contributed by atoms with E-state index in [0.29, 0.717) is 0 Å². The maximum Gasteiger partial charge on any atom is 0.134 e. The summed E-state index contributed by atoms with van der Waals surface area (Å²) in [5.41, 5.74) is 1.07. The van der Waals surface area contributed by atoms with Crippen molar-refractivity contribution in [2.24, 2.45) is 5.41 Å². The van der Waals surface area contributed by atoms with Gasteiger partial charge in [-0.25, -0.2) is 9.97 Å². The van der Waals surface area contributed by atoms with E-state index in [1.165, 1.54) is 0 Å². The third kappa shape index (κ3) is 4.63. The molecule has 0 unspecified atom stereocenters. The fourth-order valence-electron chi connectivity index (χ4n) is 2.03. The first kappa shape index (κ1) is 16.7. The average Bonchev–Trinajstić information content (AvgIpc) is 2.39. The Morgan fingerprint density at radius 3 is 2.40 bits per heavy atom. The Hall–Kier alpha value is -1.36. The Bertz CT molecular complexity index is 432. The van der Waals surface area contributed by atoms with Crippen molar-refractivity contribution in [2.45, 2.75) is 47.0 Å². The van der Waals surface area contributed by atoms with Crippen molar-refractivity contribution in [2.75, 3.05) is 30.8 Å². The zero-order chi connectivity index (χ0) is 15.2. The molecule has 5 nitrogen and oxygen atoms in total. The van der Waals surface area contributed by atoms with E-state index in [1.54, 1.807) is 0 Å². The lowest BCUT2D eigenvalue weighted by Gasteiger charge is -2.25. The molecule has 0 bridgehead atoms. The lowest BCUT2D eigenvalue weighted by atomic mass is 9.90. The molecule has 0 aliphatic rings. The number of aryl methyl sites for hydroxylation is 1. The Balaban J connectivity index is 2.90. The van der Waals surface area contributed by atoms with Gasteiger partial charge in [0.15, 0.2) is 0 Å². The van der Waals surface area contributed by atoms with Gasteiger partial charge in [0, 0.05) is 32.2 Å². The molecule has 5 heteroatoms. The quantitative estimate of drug-likeness (QED) is 0.683. The van der Waals surface area contributed by atoms with Crippen LogP contribution in [0.4, 0.5) is 11.6 Å². The monoisotopic (exact) mass is 280 g/mol. The van der Waals surface area contributed by atoms with Crippen molar-refractivity contribution in [1.29, 1.82) is 0 Å². The predicted molar refractivity (Wildman–Crippen MR) is 84.3 cm³/mol.